The summed E-state index contributed by atoms with van der Waals surface area (Å²) in [5, 5.41) is 7.50. The van der Waals surface area contributed by atoms with Crippen molar-refractivity contribution in [2.45, 2.75) is 26.4 Å². The van der Waals surface area contributed by atoms with Gasteiger partial charge in [0.15, 0.2) is 5.65 Å². The van der Waals surface area contributed by atoms with Crippen molar-refractivity contribution in [3.8, 4) is 0 Å². The van der Waals surface area contributed by atoms with E-state index in [-0.39, 0.29) is 17.5 Å². The van der Waals surface area contributed by atoms with Crippen LogP contribution in [0.2, 0.25) is 0 Å². The number of carbonyl (C=O) groups excluding carboxylic acids is 1. The molecule has 0 spiro atoms. The smallest absolute Gasteiger partial charge is 0.262 e. The Kier molecular flexibility index (Phi) is 5.14. The normalized spacial score (nSPS) is 16.6. The van der Waals surface area contributed by atoms with E-state index in [1.54, 1.807) is 11.7 Å². The van der Waals surface area contributed by atoms with Crippen LogP contribution in [-0.2, 0) is 18.4 Å². The zero-order valence-electron chi connectivity index (χ0n) is 14.9. The van der Waals surface area contributed by atoms with Crippen molar-refractivity contribution < 1.29 is 4.79 Å². The lowest BCUT2D eigenvalue weighted by Crippen LogP contribution is -2.49. The van der Waals surface area contributed by atoms with Gasteiger partial charge in [0.25, 0.3) is 5.56 Å². The van der Waals surface area contributed by atoms with Crippen LogP contribution >= 0.6 is 0 Å². The van der Waals surface area contributed by atoms with Gasteiger partial charge in [0.1, 0.15) is 11.2 Å². The Morgan fingerprint density at radius 3 is 2.64 bits per heavy atom. The van der Waals surface area contributed by atoms with E-state index in [2.05, 4.69) is 30.2 Å². The van der Waals surface area contributed by atoms with Gasteiger partial charge in [0.2, 0.25) is 5.91 Å². The molecule has 2 N–H and O–H groups in total. The first-order chi connectivity index (χ1) is 11.9. The SMILES string of the molecule is CC(C)NC(=O)CN1CCN(Cc2nc3c(cnn3C)c(=O)[nH]2)CC1. The lowest BCUT2D eigenvalue weighted by Gasteiger charge is -2.34. The molecule has 2 aromatic rings. The standard InChI is InChI=1S/C16H25N7O2/c1-11(2)18-14(24)10-23-6-4-22(5-7-23)9-13-19-15-12(16(25)20-13)8-17-21(15)3/h8,11H,4-7,9-10H2,1-3H3,(H,18,24)(H,19,20,25). The highest BCUT2D eigenvalue weighted by molar-refractivity contribution is 5.78. The summed E-state index contributed by atoms with van der Waals surface area (Å²) in [4.78, 5) is 35.7. The summed E-state index contributed by atoms with van der Waals surface area (Å²) in [6, 6.07) is 0.165. The van der Waals surface area contributed by atoms with Crippen molar-refractivity contribution in [3.63, 3.8) is 0 Å². The molecule has 3 rings (SSSR count). The molecule has 0 aromatic carbocycles. The number of hydrogen-bond donors (Lipinski definition) is 2. The zero-order chi connectivity index (χ0) is 18.0. The van der Waals surface area contributed by atoms with Gasteiger partial charge < -0.3 is 10.3 Å². The minimum absolute atomic E-state index is 0.0658. The Hall–Kier alpha value is -2.26. The summed E-state index contributed by atoms with van der Waals surface area (Å²) < 4.78 is 1.61. The van der Waals surface area contributed by atoms with E-state index >= 15 is 0 Å². The van der Waals surface area contributed by atoms with Crippen LogP contribution in [0.15, 0.2) is 11.0 Å². The predicted octanol–water partition coefficient (Wildman–Crippen LogP) is -0.701. The molecule has 1 amide bonds. The molecule has 3 heterocycles. The average molecular weight is 347 g/mol. The summed E-state index contributed by atoms with van der Waals surface area (Å²) in [6.45, 7) is 8.26. The monoisotopic (exact) mass is 347 g/mol. The molecule has 9 nitrogen and oxygen atoms in total. The fraction of sp³-hybridized carbons (Fsp3) is 0.625. The molecule has 25 heavy (non-hydrogen) atoms. The molecule has 1 aliphatic rings. The van der Waals surface area contributed by atoms with Gasteiger partial charge in [-0.05, 0) is 13.8 Å². The molecular formula is C16H25N7O2. The van der Waals surface area contributed by atoms with Crippen molar-refractivity contribution in [3.05, 3.63) is 22.4 Å². The summed E-state index contributed by atoms with van der Waals surface area (Å²) in [5.41, 5.74) is 0.444. The van der Waals surface area contributed by atoms with Crippen molar-refractivity contribution in [2.24, 2.45) is 7.05 Å². The Labute approximate surface area is 146 Å². The average Bonchev–Trinajstić information content (AvgIpc) is 2.90. The molecule has 0 atom stereocenters. The van der Waals surface area contributed by atoms with Gasteiger partial charge >= 0.3 is 0 Å². The van der Waals surface area contributed by atoms with Gasteiger partial charge in [-0.2, -0.15) is 5.10 Å². The maximum Gasteiger partial charge on any atom is 0.262 e. The molecule has 9 heteroatoms. The number of fused-ring (bicyclic) bond motifs is 1. The Bertz CT molecular complexity index is 802. The van der Waals surface area contributed by atoms with Crippen LogP contribution in [0.4, 0.5) is 0 Å². The molecular weight excluding hydrogens is 322 g/mol. The number of nitrogens with zero attached hydrogens (tertiary/aromatic N) is 5. The largest absolute Gasteiger partial charge is 0.353 e. The number of aromatic nitrogens is 4. The number of nitrogens with one attached hydrogen (secondary N) is 2. The lowest BCUT2D eigenvalue weighted by atomic mass is 10.3. The Balaban J connectivity index is 1.56. The van der Waals surface area contributed by atoms with E-state index in [0.29, 0.717) is 29.9 Å². The first-order valence-corrected chi connectivity index (χ1v) is 8.57. The molecule has 1 fully saturated rings. The Morgan fingerprint density at radius 1 is 1.28 bits per heavy atom. The minimum Gasteiger partial charge on any atom is -0.353 e. The van der Waals surface area contributed by atoms with Crippen molar-refractivity contribution in [1.29, 1.82) is 0 Å². The molecule has 0 bridgehead atoms. The van der Waals surface area contributed by atoms with Crippen molar-refractivity contribution >= 4 is 16.9 Å². The van der Waals surface area contributed by atoms with E-state index in [4.69, 9.17) is 0 Å². The minimum atomic E-state index is -0.155. The van der Waals surface area contributed by atoms with Crippen molar-refractivity contribution in [2.75, 3.05) is 32.7 Å². The summed E-state index contributed by atoms with van der Waals surface area (Å²) in [6.07, 6.45) is 1.53. The molecule has 136 valence electrons. The highest BCUT2D eigenvalue weighted by Crippen LogP contribution is 2.08. The van der Waals surface area contributed by atoms with Crippen LogP contribution in [0, 0.1) is 0 Å². The number of hydrogen-bond acceptors (Lipinski definition) is 6. The van der Waals surface area contributed by atoms with E-state index in [0.717, 1.165) is 26.2 Å². The third kappa shape index (κ3) is 4.23. The molecule has 0 unspecified atom stereocenters. The Morgan fingerprint density at radius 2 is 1.96 bits per heavy atom. The third-order valence-electron chi connectivity index (χ3n) is 4.31. The van der Waals surface area contributed by atoms with Crippen LogP contribution < -0.4 is 10.9 Å². The molecule has 0 radical (unpaired) electrons. The van der Waals surface area contributed by atoms with Gasteiger partial charge in [0.05, 0.1) is 19.3 Å². The number of amides is 1. The zero-order valence-corrected chi connectivity index (χ0v) is 14.9. The predicted molar refractivity (Wildman–Crippen MR) is 94.1 cm³/mol. The van der Waals surface area contributed by atoms with Gasteiger partial charge in [-0.15, -0.1) is 0 Å². The van der Waals surface area contributed by atoms with Gasteiger partial charge in [0, 0.05) is 39.3 Å². The maximum atomic E-state index is 12.1. The summed E-state index contributed by atoms with van der Waals surface area (Å²) >= 11 is 0. The highest BCUT2D eigenvalue weighted by Gasteiger charge is 2.20. The van der Waals surface area contributed by atoms with E-state index in [1.807, 2.05) is 13.8 Å². The third-order valence-corrected chi connectivity index (χ3v) is 4.31. The fourth-order valence-corrected chi connectivity index (χ4v) is 3.04. The molecule has 0 aliphatic carbocycles. The number of aryl methyl sites for hydroxylation is 1. The second-order valence-corrected chi connectivity index (χ2v) is 6.79. The van der Waals surface area contributed by atoms with Crippen LogP contribution in [0.5, 0.6) is 0 Å². The first-order valence-electron chi connectivity index (χ1n) is 8.57. The van der Waals surface area contributed by atoms with E-state index in [9.17, 15) is 9.59 Å². The van der Waals surface area contributed by atoms with Crippen LogP contribution in [0.3, 0.4) is 0 Å². The number of carbonyl (C=O) groups is 1. The van der Waals surface area contributed by atoms with Gasteiger partial charge in [-0.25, -0.2) is 4.98 Å². The fourth-order valence-electron chi connectivity index (χ4n) is 3.04. The molecule has 1 aliphatic heterocycles. The van der Waals surface area contributed by atoms with Crippen LogP contribution in [0.25, 0.3) is 11.0 Å². The molecule has 1 saturated heterocycles. The number of aromatic amines is 1. The van der Waals surface area contributed by atoms with Gasteiger partial charge in [-0.1, -0.05) is 0 Å². The van der Waals surface area contributed by atoms with E-state index < -0.39 is 0 Å². The summed E-state index contributed by atoms with van der Waals surface area (Å²) in [7, 11) is 1.78. The highest BCUT2D eigenvalue weighted by atomic mass is 16.2. The summed E-state index contributed by atoms with van der Waals surface area (Å²) in [5.74, 6) is 0.711. The van der Waals surface area contributed by atoms with Gasteiger partial charge in [-0.3, -0.25) is 24.1 Å². The lowest BCUT2D eigenvalue weighted by molar-refractivity contribution is -0.123. The molecule has 2 aromatic heterocycles. The maximum absolute atomic E-state index is 12.1. The van der Waals surface area contributed by atoms with Crippen molar-refractivity contribution in [1.82, 2.24) is 34.9 Å². The quantitative estimate of drug-likeness (QED) is 0.742. The molecule has 0 saturated carbocycles. The number of piperazine rings is 1. The first kappa shape index (κ1) is 17.6. The second-order valence-electron chi connectivity index (χ2n) is 6.79. The van der Waals surface area contributed by atoms with E-state index in [1.165, 1.54) is 6.20 Å². The van der Waals surface area contributed by atoms with Crippen LogP contribution in [0.1, 0.15) is 19.7 Å². The second kappa shape index (κ2) is 7.32. The van der Waals surface area contributed by atoms with Crippen LogP contribution in [-0.4, -0.2) is 74.2 Å². The number of H-pyrrole nitrogens is 1. The topological polar surface area (TPSA) is 99.2 Å². The number of rotatable bonds is 5.